The van der Waals surface area contributed by atoms with Crippen LogP contribution in [0.3, 0.4) is 0 Å². The summed E-state index contributed by atoms with van der Waals surface area (Å²) < 4.78 is 5.91. The molecule has 2 aliphatic rings. The lowest BCUT2D eigenvalue weighted by Crippen LogP contribution is -2.26. The van der Waals surface area contributed by atoms with Crippen LogP contribution in [0.4, 0.5) is 0 Å². The quantitative estimate of drug-likeness (QED) is 0.885. The number of halogens is 1. The fourth-order valence-corrected chi connectivity index (χ4v) is 3.11. The van der Waals surface area contributed by atoms with E-state index in [1.54, 1.807) is 0 Å². The van der Waals surface area contributed by atoms with Crippen LogP contribution in [0.25, 0.3) is 0 Å². The molecule has 1 aliphatic carbocycles. The van der Waals surface area contributed by atoms with E-state index in [4.69, 9.17) is 16.3 Å². The van der Waals surface area contributed by atoms with Gasteiger partial charge in [0.25, 0.3) is 0 Å². The molecule has 1 unspecified atom stereocenters. The Labute approximate surface area is 120 Å². The zero-order chi connectivity index (χ0) is 13.1. The molecular formula is C16H22ClNO. The minimum absolute atomic E-state index is 0.443. The lowest BCUT2D eigenvalue weighted by atomic mass is 9.86. The third-order valence-corrected chi connectivity index (χ3v) is 4.53. The second-order valence-electron chi connectivity index (χ2n) is 5.83. The standard InChI is InChI=1S/C16H22ClNO/c17-14-8-13(16-6-1-2-7-18-16)9-15(10-14)19-11-12-4-3-5-12/h8-10,12,16,18H,1-7,11H2. The average Bonchev–Trinajstić information content (AvgIpc) is 2.37. The molecule has 19 heavy (non-hydrogen) atoms. The summed E-state index contributed by atoms with van der Waals surface area (Å²) in [5.41, 5.74) is 1.27. The minimum Gasteiger partial charge on any atom is -0.493 e. The first kappa shape index (κ1) is 13.3. The summed E-state index contributed by atoms with van der Waals surface area (Å²) >= 11 is 6.22. The van der Waals surface area contributed by atoms with Crippen molar-refractivity contribution in [3.05, 3.63) is 28.8 Å². The first-order valence-electron chi connectivity index (χ1n) is 7.48. The fraction of sp³-hybridized carbons (Fsp3) is 0.625. The Morgan fingerprint density at radius 2 is 2.00 bits per heavy atom. The highest BCUT2D eigenvalue weighted by Gasteiger charge is 2.19. The molecule has 0 spiro atoms. The maximum Gasteiger partial charge on any atom is 0.121 e. The van der Waals surface area contributed by atoms with Crippen LogP contribution < -0.4 is 10.1 Å². The summed E-state index contributed by atoms with van der Waals surface area (Å²) in [6, 6.07) is 6.61. The van der Waals surface area contributed by atoms with Crippen molar-refractivity contribution < 1.29 is 4.74 Å². The van der Waals surface area contributed by atoms with E-state index >= 15 is 0 Å². The van der Waals surface area contributed by atoms with E-state index in [1.807, 2.05) is 6.07 Å². The topological polar surface area (TPSA) is 21.3 Å². The molecule has 0 amide bonds. The first-order valence-corrected chi connectivity index (χ1v) is 7.86. The summed E-state index contributed by atoms with van der Waals surface area (Å²) in [4.78, 5) is 0. The molecule has 3 rings (SSSR count). The van der Waals surface area contributed by atoms with Gasteiger partial charge in [0, 0.05) is 11.1 Å². The molecule has 104 valence electrons. The number of piperidine rings is 1. The smallest absolute Gasteiger partial charge is 0.121 e. The second-order valence-corrected chi connectivity index (χ2v) is 6.27. The van der Waals surface area contributed by atoms with E-state index in [2.05, 4.69) is 17.4 Å². The number of benzene rings is 1. The molecule has 1 saturated carbocycles. The summed E-state index contributed by atoms with van der Waals surface area (Å²) in [6.45, 7) is 1.95. The van der Waals surface area contributed by atoms with Crippen molar-refractivity contribution in [1.29, 1.82) is 0 Å². The van der Waals surface area contributed by atoms with Crippen LogP contribution in [-0.2, 0) is 0 Å². The minimum atomic E-state index is 0.443. The van der Waals surface area contributed by atoms with Gasteiger partial charge in [-0.05, 0) is 61.9 Å². The van der Waals surface area contributed by atoms with Crippen LogP contribution in [0.2, 0.25) is 5.02 Å². The molecule has 0 bridgehead atoms. The van der Waals surface area contributed by atoms with Gasteiger partial charge in [-0.1, -0.05) is 24.4 Å². The van der Waals surface area contributed by atoms with E-state index in [9.17, 15) is 0 Å². The Bertz CT molecular complexity index is 425. The van der Waals surface area contributed by atoms with Crippen LogP contribution in [0, 0.1) is 5.92 Å². The summed E-state index contributed by atoms with van der Waals surface area (Å²) in [5, 5.41) is 4.35. The SMILES string of the molecule is Clc1cc(OCC2CCC2)cc(C2CCCCN2)c1. The number of hydrogen-bond acceptors (Lipinski definition) is 2. The highest BCUT2D eigenvalue weighted by atomic mass is 35.5. The Kier molecular flexibility index (Phi) is 4.29. The molecule has 1 heterocycles. The van der Waals surface area contributed by atoms with Crippen molar-refractivity contribution >= 4 is 11.6 Å². The molecule has 1 aromatic carbocycles. The van der Waals surface area contributed by atoms with Crippen molar-refractivity contribution in [1.82, 2.24) is 5.32 Å². The van der Waals surface area contributed by atoms with E-state index in [0.717, 1.165) is 29.8 Å². The monoisotopic (exact) mass is 279 g/mol. The number of rotatable bonds is 4. The van der Waals surface area contributed by atoms with Gasteiger partial charge in [-0.15, -0.1) is 0 Å². The molecule has 3 heteroatoms. The molecular weight excluding hydrogens is 258 g/mol. The largest absolute Gasteiger partial charge is 0.493 e. The molecule has 1 atom stereocenters. The van der Waals surface area contributed by atoms with Gasteiger partial charge in [0.05, 0.1) is 6.61 Å². The van der Waals surface area contributed by atoms with Crippen molar-refractivity contribution in [2.24, 2.45) is 5.92 Å². The predicted octanol–water partition coefficient (Wildman–Crippen LogP) is 4.33. The Hall–Kier alpha value is -0.730. The normalized spacial score (nSPS) is 23.9. The van der Waals surface area contributed by atoms with Gasteiger partial charge >= 0.3 is 0 Å². The maximum atomic E-state index is 6.22. The third-order valence-electron chi connectivity index (χ3n) is 4.32. The highest BCUT2D eigenvalue weighted by molar-refractivity contribution is 6.30. The zero-order valence-electron chi connectivity index (χ0n) is 11.3. The van der Waals surface area contributed by atoms with Crippen molar-refractivity contribution in [3.8, 4) is 5.75 Å². The van der Waals surface area contributed by atoms with Gasteiger partial charge in [-0.2, -0.15) is 0 Å². The van der Waals surface area contributed by atoms with E-state index < -0.39 is 0 Å². The van der Waals surface area contributed by atoms with Gasteiger partial charge in [0.2, 0.25) is 0 Å². The number of nitrogens with one attached hydrogen (secondary N) is 1. The average molecular weight is 280 g/mol. The summed E-state index contributed by atoms with van der Waals surface area (Å²) in [5.74, 6) is 1.69. The van der Waals surface area contributed by atoms with Crippen LogP contribution in [0.1, 0.15) is 50.1 Å². The highest BCUT2D eigenvalue weighted by Crippen LogP contribution is 2.31. The second kappa shape index (κ2) is 6.15. The predicted molar refractivity (Wildman–Crippen MR) is 78.9 cm³/mol. The summed E-state index contributed by atoms with van der Waals surface area (Å²) in [7, 11) is 0. The Morgan fingerprint density at radius 3 is 2.68 bits per heavy atom. The fourth-order valence-electron chi connectivity index (χ4n) is 2.88. The molecule has 2 fully saturated rings. The molecule has 0 radical (unpaired) electrons. The molecule has 1 saturated heterocycles. The molecule has 1 aromatic rings. The maximum absolute atomic E-state index is 6.22. The van der Waals surface area contributed by atoms with Gasteiger partial charge in [-0.25, -0.2) is 0 Å². The van der Waals surface area contributed by atoms with Crippen LogP contribution >= 0.6 is 11.6 Å². The van der Waals surface area contributed by atoms with Crippen molar-refractivity contribution in [3.63, 3.8) is 0 Å². The lowest BCUT2D eigenvalue weighted by molar-refractivity contribution is 0.180. The lowest BCUT2D eigenvalue weighted by Gasteiger charge is -2.26. The third kappa shape index (κ3) is 3.43. The summed E-state index contributed by atoms with van der Waals surface area (Å²) in [6.07, 6.45) is 7.77. The molecule has 1 aliphatic heterocycles. The Morgan fingerprint density at radius 1 is 1.11 bits per heavy atom. The van der Waals surface area contributed by atoms with Gasteiger partial charge < -0.3 is 10.1 Å². The van der Waals surface area contributed by atoms with Crippen LogP contribution in [0.15, 0.2) is 18.2 Å². The van der Waals surface area contributed by atoms with E-state index in [0.29, 0.717) is 6.04 Å². The van der Waals surface area contributed by atoms with E-state index in [1.165, 1.54) is 44.1 Å². The van der Waals surface area contributed by atoms with Crippen molar-refractivity contribution in [2.45, 2.75) is 44.6 Å². The molecule has 1 N–H and O–H groups in total. The van der Waals surface area contributed by atoms with Gasteiger partial charge in [0.15, 0.2) is 0 Å². The number of ether oxygens (including phenoxy) is 1. The Balaban J connectivity index is 1.67. The molecule has 2 nitrogen and oxygen atoms in total. The number of hydrogen-bond donors (Lipinski definition) is 1. The van der Waals surface area contributed by atoms with Crippen LogP contribution in [0.5, 0.6) is 5.75 Å². The molecule has 0 aromatic heterocycles. The van der Waals surface area contributed by atoms with Gasteiger partial charge in [-0.3, -0.25) is 0 Å². The first-order chi connectivity index (χ1) is 9.31. The van der Waals surface area contributed by atoms with Gasteiger partial charge in [0.1, 0.15) is 5.75 Å². The van der Waals surface area contributed by atoms with E-state index in [-0.39, 0.29) is 0 Å². The zero-order valence-corrected chi connectivity index (χ0v) is 12.1. The van der Waals surface area contributed by atoms with Crippen LogP contribution in [-0.4, -0.2) is 13.2 Å². The van der Waals surface area contributed by atoms with Crippen molar-refractivity contribution in [2.75, 3.05) is 13.2 Å².